The molecule has 2 aliphatic rings. The van der Waals surface area contributed by atoms with Crippen molar-refractivity contribution in [1.29, 1.82) is 0 Å². The molecule has 0 unspecified atom stereocenters. The predicted molar refractivity (Wildman–Crippen MR) is 98.4 cm³/mol. The number of rotatable bonds is 4. The third kappa shape index (κ3) is 4.10. The van der Waals surface area contributed by atoms with Crippen molar-refractivity contribution in [2.75, 3.05) is 46.8 Å². The van der Waals surface area contributed by atoms with Crippen molar-refractivity contribution in [1.82, 2.24) is 14.7 Å². The molecule has 2 fully saturated rings. The van der Waals surface area contributed by atoms with Crippen molar-refractivity contribution in [3.05, 3.63) is 35.9 Å². The summed E-state index contributed by atoms with van der Waals surface area (Å²) >= 11 is 0. The third-order valence-electron chi connectivity index (χ3n) is 5.93. The van der Waals surface area contributed by atoms with Crippen LogP contribution in [0.25, 0.3) is 0 Å². The van der Waals surface area contributed by atoms with E-state index >= 15 is 0 Å². The Morgan fingerprint density at radius 1 is 1.00 bits per heavy atom. The number of piperazine rings is 1. The molecule has 0 bridgehead atoms. The van der Waals surface area contributed by atoms with Crippen LogP contribution in [-0.4, -0.2) is 78.7 Å². The van der Waals surface area contributed by atoms with E-state index in [0.717, 1.165) is 38.0 Å². The molecule has 0 atom stereocenters. The van der Waals surface area contributed by atoms with E-state index < -0.39 is 0 Å². The molecule has 1 amide bonds. The first-order valence-electron chi connectivity index (χ1n) is 9.26. The van der Waals surface area contributed by atoms with Crippen LogP contribution < -0.4 is 0 Å². The van der Waals surface area contributed by atoms with Crippen LogP contribution in [0.4, 0.5) is 0 Å². The van der Waals surface area contributed by atoms with Gasteiger partial charge in [0.2, 0.25) is 5.78 Å². The summed E-state index contributed by atoms with van der Waals surface area (Å²) in [7, 11) is 4.30. The van der Waals surface area contributed by atoms with Gasteiger partial charge in [-0.05, 0) is 52.0 Å². The van der Waals surface area contributed by atoms with Gasteiger partial charge in [-0.3, -0.25) is 14.5 Å². The van der Waals surface area contributed by atoms with Crippen molar-refractivity contribution >= 4 is 11.7 Å². The monoisotopic (exact) mass is 343 g/mol. The molecule has 136 valence electrons. The molecule has 0 radical (unpaired) electrons. The van der Waals surface area contributed by atoms with Gasteiger partial charge in [0, 0.05) is 31.6 Å². The molecule has 0 aliphatic carbocycles. The highest BCUT2D eigenvalue weighted by atomic mass is 16.2. The Balaban J connectivity index is 1.59. The van der Waals surface area contributed by atoms with Gasteiger partial charge in [0.25, 0.3) is 5.91 Å². The number of carbonyl (C=O) groups is 2. The summed E-state index contributed by atoms with van der Waals surface area (Å²) in [5.41, 5.74) is 1.15. The van der Waals surface area contributed by atoms with Crippen molar-refractivity contribution in [2.45, 2.75) is 31.2 Å². The predicted octanol–water partition coefficient (Wildman–Crippen LogP) is 1.43. The highest BCUT2D eigenvalue weighted by Crippen LogP contribution is 2.31. The number of Topliss-reactive ketones (excluding diaryl/α,β-unsaturated/α-hetero) is 1. The normalized spacial score (nSPS) is 21.4. The summed E-state index contributed by atoms with van der Waals surface area (Å²) in [5.74, 6) is -0.543. The van der Waals surface area contributed by atoms with Gasteiger partial charge in [-0.2, -0.15) is 0 Å². The minimum atomic E-state index is -0.290. The molecular weight excluding hydrogens is 314 g/mol. The first kappa shape index (κ1) is 18.1. The Morgan fingerprint density at radius 3 is 2.36 bits per heavy atom. The van der Waals surface area contributed by atoms with E-state index in [1.807, 2.05) is 30.3 Å². The second-order valence-electron chi connectivity index (χ2n) is 7.58. The summed E-state index contributed by atoms with van der Waals surface area (Å²) in [5, 5.41) is 0. The van der Waals surface area contributed by atoms with Crippen LogP contribution in [0.15, 0.2) is 30.3 Å². The molecule has 1 spiro atoms. The standard InChI is InChI=1S/C20H29N3O2/c1-21-12-10-20(11-13-21)16-23(15-14-22(20)2)19(25)18(24)9-8-17-6-4-3-5-7-17/h3-7H,8-16H2,1-2H3. The molecule has 0 aromatic heterocycles. The minimum absolute atomic E-state index is 0.0418. The minimum Gasteiger partial charge on any atom is -0.333 e. The van der Waals surface area contributed by atoms with Gasteiger partial charge in [0.05, 0.1) is 0 Å². The molecule has 3 rings (SSSR count). The lowest BCUT2D eigenvalue weighted by atomic mass is 9.83. The maximum Gasteiger partial charge on any atom is 0.290 e. The largest absolute Gasteiger partial charge is 0.333 e. The van der Waals surface area contributed by atoms with Crippen LogP contribution in [0, 0.1) is 0 Å². The van der Waals surface area contributed by atoms with Crippen LogP contribution in [0.2, 0.25) is 0 Å². The van der Waals surface area contributed by atoms with Gasteiger partial charge in [-0.15, -0.1) is 0 Å². The van der Waals surface area contributed by atoms with E-state index in [0.29, 0.717) is 25.9 Å². The SMILES string of the molecule is CN1CCC2(CC1)CN(C(=O)C(=O)CCc1ccccc1)CCN2C. The number of hydrogen-bond acceptors (Lipinski definition) is 4. The zero-order valence-corrected chi connectivity index (χ0v) is 15.4. The number of amides is 1. The number of hydrogen-bond donors (Lipinski definition) is 0. The molecule has 5 heteroatoms. The Hall–Kier alpha value is -1.72. The van der Waals surface area contributed by atoms with Crippen LogP contribution in [0.3, 0.4) is 0 Å². The maximum atomic E-state index is 12.7. The van der Waals surface area contributed by atoms with Gasteiger partial charge in [-0.1, -0.05) is 30.3 Å². The summed E-state index contributed by atoms with van der Waals surface area (Å²) in [4.78, 5) is 31.6. The fourth-order valence-corrected chi connectivity index (χ4v) is 4.00. The first-order chi connectivity index (χ1) is 12.0. The smallest absolute Gasteiger partial charge is 0.290 e. The van der Waals surface area contributed by atoms with E-state index in [2.05, 4.69) is 23.9 Å². The van der Waals surface area contributed by atoms with Gasteiger partial charge in [-0.25, -0.2) is 0 Å². The fraction of sp³-hybridized carbons (Fsp3) is 0.600. The quantitative estimate of drug-likeness (QED) is 0.776. The molecule has 1 aromatic rings. The Labute approximate surface area is 150 Å². The van der Waals surface area contributed by atoms with Crippen molar-refractivity contribution in [3.8, 4) is 0 Å². The highest BCUT2D eigenvalue weighted by Gasteiger charge is 2.43. The molecule has 5 nitrogen and oxygen atoms in total. The zero-order valence-electron chi connectivity index (χ0n) is 15.4. The van der Waals surface area contributed by atoms with Gasteiger partial charge in [0.15, 0.2) is 0 Å². The van der Waals surface area contributed by atoms with Crippen LogP contribution in [-0.2, 0) is 16.0 Å². The third-order valence-corrected chi connectivity index (χ3v) is 5.93. The first-order valence-corrected chi connectivity index (χ1v) is 9.26. The van der Waals surface area contributed by atoms with E-state index in [-0.39, 0.29) is 17.2 Å². The van der Waals surface area contributed by atoms with Crippen molar-refractivity contribution in [2.24, 2.45) is 0 Å². The van der Waals surface area contributed by atoms with E-state index in [9.17, 15) is 9.59 Å². The Morgan fingerprint density at radius 2 is 1.68 bits per heavy atom. The lowest BCUT2D eigenvalue weighted by Crippen LogP contribution is -2.65. The van der Waals surface area contributed by atoms with Gasteiger partial charge >= 0.3 is 0 Å². The Kier molecular flexibility index (Phi) is 5.54. The van der Waals surface area contributed by atoms with Crippen molar-refractivity contribution in [3.63, 3.8) is 0 Å². The molecule has 2 aliphatic heterocycles. The summed E-state index contributed by atoms with van der Waals surface area (Å²) in [6, 6.07) is 9.89. The number of benzene rings is 1. The molecular formula is C20H29N3O2. The molecule has 2 saturated heterocycles. The summed E-state index contributed by atoms with van der Waals surface area (Å²) in [6.45, 7) is 4.29. The Bertz CT molecular complexity index is 609. The lowest BCUT2D eigenvalue weighted by molar-refractivity contribution is -0.149. The van der Waals surface area contributed by atoms with E-state index in [4.69, 9.17) is 0 Å². The van der Waals surface area contributed by atoms with Crippen molar-refractivity contribution < 1.29 is 9.59 Å². The lowest BCUT2D eigenvalue weighted by Gasteiger charge is -2.52. The van der Waals surface area contributed by atoms with Crippen LogP contribution >= 0.6 is 0 Å². The summed E-state index contributed by atoms with van der Waals surface area (Å²) in [6.07, 6.45) is 3.05. The zero-order chi connectivity index (χ0) is 17.9. The molecule has 0 N–H and O–H groups in total. The molecule has 2 heterocycles. The molecule has 0 saturated carbocycles. The second-order valence-corrected chi connectivity index (χ2v) is 7.58. The number of piperidine rings is 1. The summed E-state index contributed by atoms with van der Waals surface area (Å²) < 4.78 is 0. The topological polar surface area (TPSA) is 43.9 Å². The second kappa shape index (κ2) is 7.67. The fourth-order valence-electron chi connectivity index (χ4n) is 4.00. The number of likely N-dealkylation sites (N-methyl/N-ethyl adjacent to an activating group) is 1. The van der Waals surface area contributed by atoms with Crippen LogP contribution in [0.5, 0.6) is 0 Å². The number of nitrogens with zero attached hydrogens (tertiary/aromatic N) is 3. The number of carbonyl (C=O) groups excluding carboxylic acids is 2. The number of likely N-dealkylation sites (tertiary alicyclic amines) is 1. The number of ketones is 1. The molecule has 25 heavy (non-hydrogen) atoms. The van der Waals surface area contributed by atoms with Gasteiger partial charge < -0.3 is 9.80 Å². The van der Waals surface area contributed by atoms with Crippen LogP contribution in [0.1, 0.15) is 24.8 Å². The average molecular weight is 343 g/mol. The van der Waals surface area contributed by atoms with E-state index in [1.165, 1.54) is 0 Å². The highest BCUT2D eigenvalue weighted by molar-refractivity contribution is 6.36. The maximum absolute atomic E-state index is 12.7. The van der Waals surface area contributed by atoms with E-state index in [1.54, 1.807) is 4.90 Å². The van der Waals surface area contributed by atoms with Gasteiger partial charge in [0.1, 0.15) is 0 Å². The molecule has 1 aromatic carbocycles. The average Bonchev–Trinajstić information content (AvgIpc) is 2.64. The number of aryl methyl sites for hydroxylation is 1.